The van der Waals surface area contributed by atoms with E-state index in [0.717, 1.165) is 16.1 Å². The van der Waals surface area contributed by atoms with Crippen molar-refractivity contribution in [1.82, 2.24) is 4.98 Å². The number of aromatic nitrogens is 1. The van der Waals surface area contributed by atoms with Crippen molar-refractivity contribution in [2.75, 3.05) is 12.4 Å². The number of carbonyl (C=O) groups excluding carboxylic acids is 1. The number of ether oxygens (including phenoxy) is 1. The number of benzene rings is 1. The van der Waals surface area contributed by atoms with Crippen LogP contribution >= 0.6 is 11.3 Å². The van der Waals surface area contributed by atoms with Crippen LogP contribution in [0.2, 0.25) is 0 Å². The second kappa shape index (κ2) is 5.84. The van der Waals surface area contributed by atoms with E-state index in [1.54, 1.807) is 17.4 Å². The standard InChI is InChI=1S/C14H16N2O2S/c1-9-4-5-11(14(17)18-3)6-12(9)16-10(2)13-7-15-8-19-13/h4-8,10,16H,1-3H3. The van der Waals surface area contributed by atoms with Gasteiger partial charge in [-0.15, -0.1) is 11.3 Å². The van der Waals surface area contributed by atoms with Crippen LogP contribution in [0.1, 0.15) is 33.8 Å². The molecule has 0 amide bonds. The normalized spacial score (nSPS) is 11.9. The summed E-state index contributed by atoms with van der Waals surface area (Å²) in [6.45, 7) is 4.07. The molecule has 1 unspecified atom stereocenters. The molecule has 0 aliphatic rings. The van der Waals surface area contributed by atoms with E-state index in [9.17, 15) is 4.79 Å². The summed E-state index contributed by atoms with van der Waals surface area (Å²) >= 11 is 1.61. The Hall–Kier alpha value is -1.88. The van der Waals surface area contributed by atoms with E-state index in [0.29, 0.717) is 5.56 Å². The zero-order chi connectivity index (χ0) is 13.8. The van der Waals surface area contributed by atoms with Crippen LogP contribution < -0.4 is 5.32 Å². The van der Waals surface area contributed by atoms with Gasteiger partial charge < -0.3 is 10.1 Å². The van der Waals surface area contributed by atoms with Crippen molar-refractivity contribution in [3.05, 3.63) is 45.9 Å². The Morgan fingerprint density at radius 1 is 1.47 bits per heavy atom. The summed E-state index contributed by atoms with van der Waals surface area (Å²) in [4.78, 5) is 16.8. The number of hydrogen-bond donors (Lipinski definition) is 1. The van der Waals surface area contributed by atoms with Gasteiger partial charge in [0, 0.05) is 16.8 Å². The number of nitrogens with one attached hydrogen (secondary N) is 1. The second-order valence-corrected chi connectivity index (χ2v) is 5.21. The average molecular weight is 276 g/mol. The number of methoxy groups -OCH3 is 1. The summed E-state index contributed by atoms with van der Waals surface area (Å²) < 4.78 is 4.73. The highest BCUT2D eigenvalue weighted by Crippen LogP contribution is 2.25. The fourth-order valence-electron chi connectivity index (χ4n) is 1.77. The van der Waals surface area contributed by atoms with E-state index < -0.39 is 0 Å². The van der Waals surface area contributed by atoms with Crippen molar-refractivity contribution in [2.24, 2.45) is 0 Å². The van der Waals surface area contributed by atoms with Gasteiger partial charge >= 0.3 is 5.97 Å². The molecule has 0 saturated heterocycles. The Morgan fingerprint density at radius 2 is 2.26 bits per heavy atom. The molecule has 19 heavy (non-hydrogen) atoms. The van der Waals surface area contributed by atoms with Crippen LogP contribution in [-0.4, -0.2) is 18.1 Å². The smallest absolute Gasteiger partial charge is 0.337 e. The Balaban J connectivity index is 2.22. The lowest BCUT2D eigenvalue weighted by Crippen LogP contribution is -2.08. The molecule has 0 radical (unpaired) electrons. The minimum atomic E-state index is -0.325. The highest BCUT2D eigenvalue weighted by molar-refractivity contribution is 7.09. The molecule has 0 saturated carbocycles. The predicted octanol–water partition coefficient (Wildman–Crippen LogP) is 3.41. The zero-order valence-corrected chi connectivity index (χ0v) is 12.0. The number of thiazole rings is 1. The Kier molecular flexibility index (Phi) is 4.16. The fourth-order valence-corrected chi connectivity index (χ4v) is 2.39. The Morgan fingerprint density at radius 3 is 2.89 bits per heavy atom. The van der Waals surface area contributed by atoms with Crippen LogP contribution in [0.15, 0.2) is 29.9 Å². The van der Waals surface area contributed by atoms with Gasteiger partial charge in [0.1, 0.15) is 0 Å². The fraction of sp³-hybridized carbons (Fsp3) is 0.286. The molecule has 0 fully saturated rings. The number of nitrogens with zero attached hydrogens (tertiary/aromatic N) is 1. The summed E-state index contributed by atoms with van der Waals surface area (Å²) in [5.74, 6) is -0.325. The molecule has 0 bridgehead atoms. The highest BCUT2D eigenvalue weighted by atomic mass is 32.1. The third kappa shape index (κ3) is 3.12. The molecule has 2 aromatic rings. The van der Waals surface area contributed by atoms with Gasteiger partial charge in [-0.25, -0.2) is 4.79 Å². The molecule has 5 heteroatoms. The second-order valence-electron chi connectivity index (χ2n) is 4.29. The van der Waals surface area contributed by atoms with Gasteiger partial charge in [0.15, 0.2) is 0 Å². The van der Waals surface area contributed by atoms with Gasteiger partial charge in [0.25, 0.3) is 0 Å². The molecule has 1 atom stereocenters. The summed E-state index contributed by atoms with van der Waals surface area (Å²) in [6, 6.07) is 5.65. The summed E-state index contributed by atoms with van der Waals surface area (Å²) in [6.07, 6.45) is 1.85. The van der Waals surface area contributed by atoms with E-state index in [1.807, 2.05) is 30.8 Å². The van der Waals surface area contributed by atoms with E-state index >= 15 is 0 Å². The quantitative estimate of drug-likeness (QED) is 0.869. The van der Waals surface area contributed by atoms with Gasteiger partial charge in [0.2, 0.25) is 0 Å². The van der Waals surface area contributed by atoms with Crippen LogP contribution in [-0.2, 0) is 4.74 Å². The van der Waals surface area contributed by atoms with Crippen molar-refractivity contribution in [3.63, 3.8) is 0 Å². The van der Waals surface area contributed by atoms with Crippen LogP contribution in [0, 0.1) is 6.92 Å². The van der Waals surface area contributed by atoms with Crippen molar-refractivity contribution in [2.45, 2.75) is 19.9 Å². The van der Waals surface area contributed by atoms with Crippen molar-refractivity contribution in [1.29, 1.82) is 0 Å². The maximum atomic E-state index is 11.5. The minimum absolute atomic E-state index is 0.152. The summed E-state index contributed by atoms with van der Waals surface area (Å²) in [7, 11) is 1.38. The first-order valence-corrected chi connectivity index (χ1v) is 6.83. The Bertz CT molecular complexity index is 567. The average Bonchev–Trinajstić information content (AvgIpc) is 2.94. The molecule has 0 aliphatic heterocycles. The van der Waals surface area contributed by atoms with Gasteiger partial charge in [-0.1, -0.05) is 6.07 Å². The molecule has 0 spiro atoms. The van der Waals surface area contributed by atoms with Crippen LogP contribution in [0.4, 0.5) is 5.69 Å². The first kappa shape index (κ1) is 13.5. The molecular formula is C14H16N2O2S. The van der Waals surface area contributed by atoms with Gasteiger partial charge in [-0.2, -0.15) is 0 Å². The van der Waals surface area contributed by atoms with Crippen LogP contribution in [0.25, 0.3) is 0 Å². The maximum absolute atomic E-state index is 11.5. The number of aryl methyl sites for hydroxylation is 1. The van der Waals surface area contributed by atoms with Crippen molar-refractivity contribution < 1.29 is 9.53 Å². The monoisotopic (exact) mass is 276 g/mol. The van der Waals surface area contributed by atoms with E-state index in [-0.39, 0.29) is 12.0 Å². The molecule has 1 N–H and O–H groups in total. The molecule has 1 aromatic carbocycles. The molecule has 1 heterocycles. The lowest BCUT2D eigenvalue weighted by atomic mass is 10.1. The largest absolute Gasteiger partial charge is 0.465 e. The van der Waals surface area contributed by atoms with Crippen molar-refractivity contribution in [3.8, 4) is 0 Å². The van der Waals surface area contributed by atoms with E-state index in [2.05, 4.69) is 17.2 Å². The number of carbonyl (C=O) groups is 1. The Labute approximate surface area is 116 Å². The zero-order valence-electron chi connectivity index (χ0n) is 11.1. The molecule has 1 aromatic heterocycles. The molecule has 0 aliphatic carbocycles. The third-order valence-corrected chi connectivity index (χ3v) is 3.87. The number of rotatable bonds is 4. The van der Waals surface area contributed by atoms with Gasteiger partial charge in [-0.05, 0) is 31.5 Å². The number of esters is 1. The topological polar surface area (TPSA) is 51.2 Å². The lowest BCUT2D eigenvalue weighted by molar-refractivity contribution is 0.0601. The van der Waals surface area contributed by atoms with Crippen LogP contribution in [0.3, 0.4) is 0 Å². The van der Waals surface area contributed by atoms with Gasteiger partial charge in [0.05, 0.1) is 24.2 Å². The molecule has 100 valence electrons. The summed E-state index contributed by atoms with van der Waals surface area (Å²) in [5.41, 5.74) is 4.38. The maximum Gasteiger partial charge on any atom is 0.337 e. The predicted molar refractivity (Wildman–Crippen MR) is 76.7 cm³/mol. The van der Waals surface area contributed by atoms with Crippen LogP contribution in [0.5, 0.6) is 0 Å². The molecule has 4 nitrogen and oxygen atoms in total. The van der Waals surface area contributed by atoms with E-state index in [4.69, 9.17) is 4.74 Å². The first-order valence-electron chi connectivity index (χ1n) is 5.95. The number of anilines is 1. The molecular weight excluding hydrogens is 260 g/mol. The first-order chi connectivity index (χ1) is 9.11. The highest BCUT2D eigenvalue weighted by Gasteiger charge is 2.11. The minimum Gasteiger partial charge on any atom is -0.465 e. The summed E-state index contributed by atoms with van der Waals surface area (Å²) in [5, 5.41) is 3.39. The third-order valence-electron chi connectivity index (χ3n) is 2.91. The SMILES string of the molecule is COC(=O)c1ccc(C)c(NC(C)c2cncs2)c1. The van der Waals surface area contributed by atoms with Gasteiger partial charge in [-0.3, -0.25) is 4.98 Å². The number of hydrogen-bond acceptors (Lipinski definition) is 5. The van der Waals surface area contributed by atoms with Crippen molar-refractivity contribution >= 4 is 23.0 Å². The van der Waals surface area contributed by atoms with E-state index in [1.165, 1.54) is 7.11 Å². The lowest BCUT2D eigenvalue weighted by Gasteiger charge is -2.16. The molecule has 2 rings (SSSR count).